The summed E-state index contributed by atoms with van der Waals surface area (Å²) in [6.07, 6.45) is 2.78. The fourth-order valence-electron chi connectivity index (χ4n) is 3.04. The minimum atomic E-state index is -3.79. The number of aryl methyl sites for hydroxylation is 1. The Hall–Kier alpha value is -2.92. The molecular formula is C21H22FN3O5S. The van der Waals surface area contributed by atoms with Gasteiger partial charge < -0.3 is 5.11 Å². The van der Waals surface area contributed by atoms with Crippen molar-refractivity contribution in [2.24, 2.45) is 5.92 Å². The highest BCUT2D eigenvalue weighted by atomic mass is 32.2. The number of aliphatic hydroxyl groups excluding tert-OH is 1. The van der Waals surface area contributed by atoms with Crippen LogP contribution in [0.1, 0.15) is 25.3 Å². The van der Waals surface area contributed by atoms with Gasteiger partial charge in [0, 0.05) is 36.4 Å². The van der Waals surface area contributed by atoms with Gasteiger partial charge in [-0.1, -0.05) is 11.8 Å². The van der Waals surface area contributed by atoms with Crippen molar-refractivity contribution < 1.29 is 27.9 Å². The number of sulfone groups is 1. The van der Waals surface area contributed by atoms with E-state index in [0.717, 1.165) is 11.6 Å². The van der Waals surface area contributed by atoms with E-state index in [9.17, 15) is 17.6 Å². The van der Waals surface area contributed by atoms with Gasteiger partial charge in [0.2, 0.25) is 0 Å². The molecule has 1 aromatic carbocycles. The number of nitrogens with zero attached hydrogens (tertiary/aromatic N) is 2. The molecule has 0 bridgehead atoms. The predicted octanol–water partition coefficient (Wildman–Crippen LogP) is 0.811. The van der Waals surface area contributed by atoms with Crippen LogP contribution in [-0.4, -0.2) is 57.7 Å². The second-order valence-corrected chi connectivity index (χ2v) is 10.3. The standard InChI is InChI=1S/C21H22FN3O5S/c1-20(19(27)24-28,31(2,29)30)9-10-25-13-16-11-15(7-8-18(16)23-25)5-3-4-6-17-12-21(17,22)14-26/h7-8,11,13,17,26,28H,9-10,12,14H2,1-2H3,(H,24,27)/t17?,20?,21-/m0/s1. The lowest BCUT2D eigenvalue weighted by Crippen LogP contribution is -2.49. The van der Waals surface area contributed by atoms with Gasteiger partial charge in [-0.25, -0.2) is 18.3 Å². The Morgan fingerprint density at radius 2 is 2.19 bits per heavy atom. The average Bonchev–Trinajstić information content (AvgIpc) is 3.20. The maximum absolute atomic E-state index is 13.6. The molecule has 1 fully saturated rings. The van der Waals surface area contributed by atoms with Gasteiger partial charge in [-0.15, -0.1) is 0 Å². The molecule has 1 aromatic heterocycles. The van der Waals surface area contributed by atoms with Gasteiger partial charge in [-0.3, -0.25) is 14.7 Å². The van der Waals surface area contributed by atoms with Gasteiger partial charge in [-0.2, -0.15) is 5.10 Å². The molecule has 31 heavy (non-hydrogen) atoms. The van der Waals surface area contributed by atoms with Crippen molar-refractivity contribution in [1.29, 1.82) is 0 Å². The second-order valence-electron chi connectivity index (χ2n) is 7.83. The number of carbonyl (C=O) groups excluding carboxylic acids is 1. The van der Waals surface area contributed by atoms with Crippen LogP contribution in [0.2, 0.25) is 0 Å². The third-order valence-electron chi connectivity index (χ3n) is 5.56. The molecule has 1 aliphatic carbocycles. The molecule has 8 nitrogen and oxygen atoms in total. The number of amides is 1. The Balaban J connectivity index is 1.72. The lowest BCUT2D eigenvalue weighted by molar-refractivity contribution is -0.131. The highest BCUT2D eigenvalue weighted by Crippen LogP contribution is 2.46. The largest absolute Gasteiger partial charge is 0.393 e. The molecule has 164 valence electrons. The summed E-state index contributed by atoms with van der Waals surface area (Å²) >= 11 is 0. The molecule has 0 saturated heterocycles. The summed E-state index contributed by atoms with van der Waals surface area (Å²) < 4.78 is 37.4. The van der Waals surface area contributed by atoms with Crippen LogP contribution in [0.25, 0.3) is 10.9 Å². The maximum Gasteiger partial charge on any atom is 0.264 e. The summed E-state index contributed by atoms with van der Waals surface area (Å²) in [5, 5.41) is 22.9. The third kappa shape index (κ3) is 4.72. The maximum atomic E-state index is 13.6. The number of benzene rings is 1. The first-order valence-corrected chi connectivity index (χ1v) is 11.3. The van der Waals surface area contributed by atoms with Gasteiger partial charge in [0.1, 0.15) is 5.67 Å². The number of hydrogen-bond acceptors (Lipinski definition) is 6. The molecule has 10 heteroatoms. The monoisotopic (exact) mass is 447 g/mol. The molecular weight excluding hydrogens is 425 g/mol. The molecule has 0 aliphatic heterocycles. The van der Waals surface area contributed by atoms with Crippen LogP contribution in [-0.2, 0) is 21.2 Å². The number of alkyl halides is 1. The van der Waals surface area contributed by atoms with E-state index in [1.165, 1.54) is 17.1 Å². The summed E-state index contributed by atoms with van der Waals surface area (Å²) in [6.45, 7) is 0.852. The first kappa shape index (κ1) is 22.8. The number of hydrogen-bond donors (Lipinski definition) is 3. The zero-order valence-electron chi connectivity index (χ0n) is 17.0. The van der Waals surface area contributed by atoms with Crippen molar-refractivity contribution in [3.05, 3.63) is 30.0 Å². The average molecular weight is 447 g/mol. The number of rotatable bonds is 6. The highest BCUT2D eigenvalue weighted by Gasteiger charge is 2.54. The molecule has 0 spiro atoms. The van der Waals surface area contributed by atoms with E-state index in [1.807, 2.05) is 0 Å². The molecule has 3 rings (SSSR count). The fourth-order valence-corrected chi connectivity index (χ4v) is 3.89. The SMILES string of the molecule is CC(CCn1cc2cc(C#CC#CC3C[C@]3(F)CO)ccc2n1)(C(=O)NO)S(C)(=O)=O. The fraction of sp³-hybridized carbons (Fsp3) is 0.429. The van der Waals surface area contributed by atoms with Gasteiger partial charge in [0.15, 0.2) is 14.6 Å². The van der Waals surface area contributed by atoms with Crippen LogP contribution in [0.15, 0.2) is 24.4 Å². The van der Waals surface area contributed by atoms with E-state index in [0.29, 0.717) is 11.1 Å². The lowest BCUT2D eigenvalue weighted by Gasteiger charge is -2.24. The minimum Gasteiger partial charge on any atom is -0.393 e. The molecule has 1 aliphatic rings. The highest BCUT2D eigenvalue weighted by molar-refractivity contribution is 7.92. The van der Waals surface area contributed by atoms with Crippen molar-refractivity contribution in [1.82, 2.24) is 15.3 Å². The van der Waals surface area contributed by atoms with E-state index < -0.39 is 38.7 Å². The number of carbonyl (C=O) groups is 1. The van der Waals surface area contributed by atoms with Crippen molar-refractivity contribution in [2.75, 3.05) is 12.9 Å². The molecule has 3 N–H and O–H groups in total. The molecule has 3 atom stereocenters. The summed E-state index contributed by atoms with van der Waals surface area (Å²) in [4.78, 5) is 11.9. The van der Waals surface area contributed by atoms with E-state index >= 15 is 0 Å². The number of aliphatic hydroxyl groups is 1. The van der Waals surface area contributed by atoms with Crippen molar-refractivity contribution in [2.45, 2.75) is 36.7 Å². The van der Waals surface area contributed by atoms with Gasteiger partial charge >= 0.3 is 0 Å². The third-order valence-corrected chi connectivity index (χ3v) is 7.58. The molecule has 1 amide bonds. The number of nitrogens with one attached hydrogen (secondary N) is 1. The van der Waals surface area contributed by atoms with Crippen LogP contribution >= 0.6 is 0 Å². The Morgan fingerprint density at radius 3 is 2.81 bits per heavy atom. The zero-order chi connectivity index (χ0) is 22.9. The summed E-state index contributed by atoms with van der Waals surface area (Å²) in [6, 6.07) is 5.28. The van der Waals surface area contributed by atoms with Crippen LogP contribution in [0.3, 0.4) is 0 Å². The molecule has 0 radical (unpaired) electrons. The van der Waals surface area contributed by atoms with E-state index in [-0.39, 0.29) is 19.4 Å². The van der Waals surface area contributed by atoms with E-state index in [2.05, 4.69) is 28.8 Å². The quantitative estimate of drug-likeness (QED) is 0.342. The van der Waals surface area contributed by atoms with E-state index in [1.54, 1.807) is 24.4 Å². The van der Waals surface area contributed by atoms with Crippen molar-refractivity contribution >= 4 is 26.6 Å². The van der Waals surface area contributed by atoms with Crippen molar-refractivity contribution in [3.8, 4) is 23.7 Å². The molecule has 1 saturated carbocycles. The normalized spacial score (nSPS) is 21.9. The van der Waals surface area contributed by atoms with Crippen molar-refractivity contribution in [3.63, 3.8) is 0 Å². The second kappa shape index (κ2) is 8.31. The Kier molecular flexibility index (Phi) is 6.10. The predicted molar refractivity (Wildman–Crippen MR) is 111 cm³/mol. The van der Waals surface area contributed by atoms with Gasteiger partial charge in [-0.05, 0) is 43.4 Å². The number of fused-ring (bicyclic) bond motifs is 1. The first-order valence-electron chi connectivity index (χ1n) is 9.45. The number of halogens is 1. The summed E-state index contributed by atoms with van der Waals surface area (Å²) in [5.74, 6) is 9.36. The molecule has 2 unspecified atom stereocenters. The van der Waals surface area contributed by atoms with Crippen LogP contribution in [0.5, 0.6) is 0 Å². The minimum absolute atomic E-state index is 0.0838. The number of hydroxylamine groups is 1. The molecule has 1 heterocycles. The lowest BCUT2D eigenvalue weighted by atomic mass is 10.1. The van der Waals surface area contributed by atoms with Gasteiger partial charge in [0.05, 0.1) is 18.0 Å². The Morgan fingerprint density at radius 1 is 1.45 bits per heavy atom. The van der Waals surface area contributed by atoms with Crippen LogP contribution in [0, 0.1) is 29.6 Å². The van der Waals surface area contributed by atoms with Crippen LogP contribution in [0.4, 0.5) is 4.39 Å². The summed E-state index contributed by atoms with van der Waals surface area (Å²) in [7, 11) is -3.79. The molecule has 2 aromatic rings. The summed E-state index contributed by atoms with van der Waals surface area (Å²) in [5.41, 5.74) is 1.16. The van der Waals surface area contributed by atoms with E-state index in [4.69, 9.17) is 10.3 Å². The smallest absolute Gasteiger partial charge is 0.264 e. The topological polar surface area (TPSA) is 122 Å². The number of aromatic nitrogens is 2. The zero-order valence-corrected chi connectivity index (χ0v) is 17.8. The Labute approximate surface area is 179 Å². The Bertz CT molecular complexity index is 1250. The van der Waals surface area contributed by atoms with Gasteiger partial charge in [0.25, 0.3) is 5.91 Å². The van der Waals surface area contributed by atoms with Crippen LogP contribution < -0.4 is 5.48 Å². The first-order chi connectivity index (χ1) is 14.5.